The molecule has 0 fully saturated rings. The molecular formula is C34H35ClN6O4S. The van der Waals surface area contributed by atoms with Crippen molar-refractivity contribution in [3.63, 3.8) is 0 Å². The highest BCUT2D eigenvalue weighted by Crippen LogP contribution is 2.37. The molecule has 0 amide bonds. The molecule has 1 aliphatic heterocycles. The zero-order valence-electron chi connectivity index (χ0n) is 25.9. The van der Waals surface area contributed by atoms with Gasteiger partial charge in [0, 0.05) is 55.5 Å². The summed E-state index contributed by atoms with van der Waals surface area (Å²) in [4.78, 5) is 22.0. The molecule has 2 atom stereocenters. The molecule has 6 rings (SSSR count). The number of hydrogen-bond acceptors (Lipinski definition) is 8. The quantitative estimate of drug-likeness (QED) is 0.182. The highest BCUT2D eigenvalue weighted by Gasteiger charge is 2.35. The van der Waals surface area contributed by atoms with Crippen LogP contribution in [0.5, 0.6) is 5.88 Å². The number of sulfonamides is 1. The first-order valence-corrected chi connectivity index (χ1v) is 17.1. The monoisotopic (exact) mass is 658 g/mol. The number of Topliss-reactive ketones (excluding diaryl/α,β-unsaturated/α-hetero) is 1. The molecule has 0 unspecified atom stereocenters. The Labute approximate surface area is 273 Å². The number of aromatic nitrogens is 5. The number of carbonyl (C=O) groups excluding carboxylic acids is 1. The van der Waals surface area contributed by atoms with Gasteiger partial charge >= 0.3 is 0 Å². The zero-order chi connectivity index (χ0) is 32.4. The van der Waals surface area contributed by atoms with Crippen LogP contribution in [0.2, 0.25) is 5.02 Å². The maximum atomic E-state index is 13.9. The van der Waals surface area contributed by atoms with Crippen molar-refractivity contribution in [3.8, 4) is 5.88 Å². The molecule has 0 radical (unpaired) electrons. The summed E-state index contributed by atoms with van der Waals surface area (Å²) >= 11 is 6.75. The van der Waals surface area contributed by atoms with Gasteiger partial charge in [-0.05, 0) is 78.4 Å². The Bertz CT molecular complexity index is 2000. The lowest BCUT2D eigenvalue weighted by molar-refractivity contribution is -0.118. The van der Waals surface area contributed by atoms with E-state index in [0.717, 1.165) is 33.3 Å². The molecule has 1 aliphatic rings. The van der Waals surface area contributed by atoms with Gasteiger partial charge in [-0.25, -0.2) is 18.1 Å². The van der Waals surface area contributed by atoms with Crippen molar-refractivity contribution < 1.29 is 17.9 Å². The van der Waals surface area contributed by atoms with Crippen LogP contribution < -0.4 is 4.74 Å². The van der Waals surface area contributed by atoms with Crippen LogP contribution in [0.1, 0.15) is 60.4 Å². The van der Waals surface area contributed by atoms with Crippen LogP contribution in [0.25, 0.3) is 11.0 Å². The van der Waals surface area contributed by atoms with Crippen LogP contribution >= 0.6 is 11.6 Å². The number of halogens is 1. The lowest BCUT2D eigenvalue weighted by atomic mass is 9.83. The Hall–Kier alpha value is -4.19. The van der Waals surface area contributed by atoms with Gasteiger partial charge in [-0.15, -0.1) is 5.10 Å². The summed E-state index contributed by atoms with van der Waals surface area (Å²) in [6.07, 6.45) is 5.60. The fraction of sp³-hybridized carbons (Fsp3) is 0.324. The number of benzene rings is 2. The second kappa shape index (κ2) is 13.3. The van der Waals surface area contributed by atoms with Crippen molar-refractivity contribution in [2.75, 3.05) is 6.54 Å². The van der Waals surface area contributed by atoms with E-state index < -0.39 is 10.0 Å². The number of hydrogen-bond donors (Lipinski definition) is 0. The van der Waals surface area contributed by atoms with Crippen molar-refractivity contribution in [1.82, 2.24) is 29.3 Å². The number of carbonyl (C=O) groups is 1. The number of aryl methyl sites for hydroxylation is 2. The first kappa shape index (κ1) is 31.8. The van der Waals surface area contributed by atoms with Crippen LogP contribution in [-0.4, -0.2) is 56.1 Å². The van der Waals surface area contributed by atoms with Gasteiger partial charge in [-0.2, -0.15) is 4.31 Å². The van der Waals surface area contributed by atoms with E-state index in [0.29, 0.717) is 23.6 Å². The van der Waals surface area contributed by atoms with Crippen LogP contribution in [0.4, 0.5) is 0 Å². The van der Waals surface area contributed by atoms with Crippen molar-refractivity contribution in [2.24, 2.45) is 0 Å². The molecule has 238 valence electrons. The van der Waals surface area contributed by atoms with E-state index in [9.17, 15) is 13.2 Å². The predicted octanol–water partition coefficient (Wildman–Crippen LogP) is 5.90. The number of rotatable bonds is 10. The SMILES string of the molecule is CC[C@@H]1CN(Cc2cc([C@H](CC(=O)Cc3cccnc3)c3ccc4c(nnn4CC)c3C)ccc2Cl)S(=O)(=O)c2cccnc2O1. The molecule has 0 spiro atoms. The third-order valence-corrected chi connectivity index (χ3v) is 10.7. The Kier molecular flexibility index (Phi) is 9.17. The van der Waals surface area contributed by atoms with E-state index in [1.165, 1.54) is 16.6 Å². The van der Waals surface area contributed by atoms with E-state index in [2.05, 4.69) is 20.3 Å². The Morgan fingerprint density at radius 2 is 1.93 bits per heavy atom. The molecule has 2 aromatic carbocycles. The van der Waals surface area contributed by atoms with Gasteiger partial charge in [-0.3, -0.25) is 9.78 Å². The Balaban J connectivity index is 1.40. The van der Waals surface area contributed by atoms with Gasteiger partial charge in [0.05, 0.1) is 12.1 Å². The summed E-state index contributed by atoms with van der Waals surface area (Å²) < 4.78 is 37.0. The number of ether oxygens (including phenoxy) is 1. The number of pyridine rings is 2. The molecule has 12 heteroatoms. The van der Waals surface area contributed by atoms with Crippen LogP contribution in [0.15, 0.2) is 78.1 Å². The van der Waals surface area contributed by atoms with Gasteiger partial charge in [0.15, 0.2) is 0 Å². The van der Waals surface area contributed by atoms with E-state index >= 15 is 0 Å². The zero-order valence-corrected chi connectivity index (χ0v) is 27.5. The minimum absolute atomic E-state index is 0.0288. The van der Waals surface area contributed by atoms with Gasteiger partial charge in [0.2, 0.25) is 15.9 Å². The highest BCUT2D eigenvalue weighted by atomic mass is 35.5. The molecule has 0 saturated heterocycles. The molecule has 3 aromatic heterocycles. The standard InChI is InChI=1S/C34H35ClN6O4S/c1-4-27-21-40(46(43,44)32-9-7-15-37-34(32)45-27)20-25-17-24(10-12-30(25)35)29(18-26(42)16-23-8-6-14-36-19-23)28-11-13-31-33(22(28)3)38-39-41(31)5-2/h6-15,17,19,27,29H,4-5,16,18,20-21H2,1-3H3/t27-,29+/m1/s1. The fourth-order valence-electron chi connectivity index (χ4n) is 6.04. The molecule has 10 nitrogen and oxygen atoms in total. The van der Waals surface area contributed by atoms with Crippen LogP contribution in [0.3, 0.4) is 0 Å². The normalized spacial score (nSPS) is 16.8. The lowest BCUT2D eigenvalue weighted by Gasteiger charge is -2.24. The average molecular weight is 659 g/mol. The van der Waals surface area contributed by atoms with E-state index in [1.807, 2.05) is 61.9 Å². The molecule has 0 N–H and O–H groups in total. The van der Waals surface area contributed by atoms with Crippen LogP contribution in [0, 0.1) is 6.92 Å². The van der Waals surface area contributed by atoms with Gasteiger partial charge < -0.3 is 4.74 Å². The van der Waals surface area contributed by atoms with Crippen molar-refractivity contribution >= 4 is 38.4 Å². The maximum absolute atomic E-state index is 13.9. The minimum atomic E-state index is -3.94. The Morgan fingerprint density at radius 1 is 1.11 bits per heavy atom. The van der Waals surface area contributed by atoms with Gasteiger partial charge in [0.1, 0.15) is 22.3 Å². The van der Waals surface area contributed by atoms with E-state index in [4.69, 9.17) is 16.3 Å². The van der Waals surface area contributed by atoms with Crippen molar-refractivity contribution in [3.05, 3.63) is 106 Å². The maximum Gasteiger partial charge on any atom is 0.248 e. The van der Waals surface area contributed by atoms with Crippen molar-refractivity contribution in [1.29, 1.82) is 0 Å². The summed E-state index contributed by atoms with van der Waals surface area (Å²) in [5, 5.41) is 9.18. The Morgan fingerprint density at radius 3 is 2.70 bits per heavy atom. The average Bonchev–Trinajstić information content (AvgIpc) is 3.45. The van der Waals surface area contributed by atoms with Crippen molar-refractivity contribution in [2.45, 2.75) is 70.0 Å². The molecule has 0 saturated carbocycles. The molecular weight excluding hydrogens is 624 g/mol. The topological polar surface area (TPSA) is 120 Å². The van der Waals surface area contributed by atoms with Gasteiger partial charge in [-0.1, -0.05) is 48.0 Å². The van der Waals surface area contributed by atoms with Crippen LogP contribution in [-0.2, 0) is 34.3 Å². The first-order valence-electron chi connectivity index (χ1n) is 15.3. The molecule has 46 heavy (non-hydrogen) atoms. The smallest absolute Gasteiger partial charge is 0.248 e. The summed E-state index contributed by atoms with van der Waals surface area (Å²) in [5.41, 5.74) is 5.92. The number of nitrogens with zero attached hydrogens (tertiary/aromatic N) is 6. The largest absolute Gasteiger partial charge is 0.472 e. The number of ketones is 1. The number of fused-ring (bicyclic) bond motifs is 2. The molecule has 4 heterocycles. The molecule has 0 aliphatic carbocycles. The third-order valence-electron chi connectivity index (χ3n) is 8.53. The first-order chi connectivity index (χ1) is 22.2. The highest BCUT2D eigenvalue weighted by molar-refractivity contribution is 7.89. The summed E-state index contributed by atoms with van der Waals surface area (Å²) in [6, 6.07) is 16.5. The minimum Gasteiger partial charge on any atom is -0.472 e. The van der Waals surface area contributed by atoms with E-state index in [-0.39, 0.29) is 54.5 Å². The lowest BCUT2D eigenvalue weighted by Crippen LogP contribution is -2.36. The summed E-state index contributed by atoms with van der Waals surface area (Å²) in [5.74, 6) is -0.183. The summed E-state index contributed by atoms with van der Waals surface area (Å²) in [7, 11) is -3.94. The second-order valence-corrected chi connectivity index (χ2v) is 13.8. The second-order valence-electron chi connectivity index (χ2n) is 11.5. The fourth-order valence-corrected chi connectivity index (χ4v) is 7.74. The third kappa shape index (κ3) is 6.27. The van der Waals surface area contributed by atoms with E-state index in [1.54, 1.807) is 24.5 Å². The predicted molar refractivity (Wildman–Crippen MR) is 175 cm³/mol. The molecule has 0 bridgehead atoms. The summed E-state index contributed by atoms with van der Waals surface area (Å²) in [6.45, 7) is 6.83. The molecule has 5 aromatic rings. The van der Waals surface area contributed by atoms with Gasteiger partial charge in [0.25, 0.3) is 0 Å².